The number of hydrogen-bond donors (Lipinski definition) is 0. The van der Waals surface area contributed by atoms with Gasteiger partial charge in [-0.3, -0.25) is 0 Å². The number of benzene rings is 2. The number of halogens is 1. The number of ether oxygens (including phenoxy) is 4. The van der Waals surface area contributed by atoms with E-state index in [1.807, 2.05) is 6.07 Å². The molecule has 3 aromatic rings. The first kappa shape index (κ1) is 24.3. The molecule has 2 aromatic carbocycles. The number of carbonyl (C=O) groups excluding carboxylic acids is 2. The Morgan fingerprint density at radius 3 is 2.33 bits per heavy atom. The minimum Gasteiger partial charge on any atom is -0.493 e. The lowest BCUT2D eigenvalue weighted by Crippen LogP contribution is -2.15. The number of methoxy groups -OCH3 is 3. The van der Waals surface area contributed by atoms with E-state index in [-0.39, 0.29) is 17.0 Å². The molecule has 0 saturated heterocycles. The van der Waals surface area contributed by atoms with Crippen LogP contribution < -0.4 is 9.47 Å². The van der Waals surface area contributed by atoms with Gasteiger partial charge >= 0.3 is 11.9 Å². The monoisotopic (exact) mass is 516 g/mol. The van der Waals surface area contributed by atoms with Gasteiger partial charge in [-0.25, -0.2) is 14.3 Å². The van der Waals surface area contributed by atoms with Crippen LogP contribution in [0.15, 0.2) is 46.9 Å². The standard InChI is InChI=1S/C24H25BrN2O6/c1-5-6-12-33-22-17(25)13-15(14-18(22)30-2)20-19(23(28)31-3)21(24(29)32-4)27(26-20)16-10-8-7-9-11-16/h7-11,13-14H,5-6,12H2,1-4H3. The Hall–Kier alpha value is -3.33. The third-order valence-corrected chi connectivity index (χ3v) is 5.49. The molecule has 0 bridgehead atoms. The molecule has 0 aliphatic carbocycles. The molecule has 0 spiro atoms. The third kappa shape index (κ3) is 5.03. The van der Waals surface area contributed by atoms with Crippen LogP contribution in [-0.2, 0) is 9.47 Å². The van der Waals surface area contributed by atoms with Gasteiger partial charge in [-0.2, -0.15) is 5.10 Å². The Morgan fingerprint density at radius 2 is 1.73 bits per heavy atom. The van der Waals surface area contributed by atoms with E-state index in [4.69, 9.17) is 18.9 Å². The van der Waals surface area contributed by atoms with E-state index in [0.717, 1.165) is 12.8 Å². The maximum Gasteiger partial charge on any atom is 0.357 e. The van der Waals surface area contributed by atoms with Crippen molar-refractivity contribution in [3.63, 3.8) is 0 Å². The minimum atomic E-state index is -0.719. The van der Waals surface area contributed by atoms with Gasteiger partial charge in [0.1, 0.15) is 11.3 Å². The fourth-order valence-electron chi connectivity index (χ4n) is 3.27. The molecule has 3 rings (SSSR count). The van der Waals surface area contributed by atoms with Crippen LogP contribution in [0.2, 0.25) is 0 Å². The number of nitrogens with zero attached hydrogens (tertiary/aromatic N) is 2. The summed E-state index contributed by atoms with van der Waals surface area (Å²) in [5, 5.41) is 4.61. The molecule has 0 N–H and O–H groups in total. The van der Waals surface area contributed by atoms with Crippen LogP contribution >= 0.6 is 15.9 Å². The zero-order chi connectivity index (χ0) is 24.0. The van der Waals surface area contributed by atoms with Crippen molar-refractivity contribution in [1.29, 1.82) is 0 Å². The summed E-state index contributed by atoms with van der Waals surface area (Å²) >= 11 is 3.53. The topological polar surface area (TPSA) is 88.9 Å². The van der Waals surface area contributed by atoms with E-state index in [1.54, 1.807) is 36.4 Å². The average Bonchev–Trinajstić information content (AvgIpc) is 3.25. The van der Waals surface area contributed by atoms with Crippen molar-refractivity contribution in [2.45, 2.75) is 19.8 Å². The van der Waals surface area contributed by atoms with Crippen molar-refractivity contribution in [2.24, 2.45) is 0 Å². The van der Waals surface area contributed by atoms with Crippen molar-refractivity contribution in [3.8, 4) is 28.4 Å². The number of rotatable bonds is 9. The molecule has 1 aromatic heterocycles. The number of unbranched alkanes of at least 4 members (excludes halogenated alkanes) is 1. The van der Waals surface area contributed by atoms with Crippen LogP contribution in [0.1, 0.15) is 40.6 Å². The largest absolute Gasteiger partial charge is 0.493 e. The van der Waals surface area contributed by atoms with E-state index in [1.165, 1.54) is 26.0 Å². The minimum absolute atomic E-state index is 0.0122. The molecular weight excluding hydrogens is 492 g/mol. The number of para-hydroxylation sites is 1. The summed E-state index contributed by atoms with van der Waals surface area (Å²) in [6.07, 6.45) is 1.89. The second-order valence-corrected chi connectivity index (χ2v) is 7.85. The maximum atomic E-state index is 12.8. The Kier molecular flexibility index (Phi) is 8.11. The van der Waals surface area contributed by atoms with Gasteiger partial charge < -0.3 is 18.9 Å². The SMILES string of the molecule is CCCCOc1c(Br)cc(-c2nn(-c3ccccc3)c(C(=O)OC)c2C(=O)OC)cc1OC. The smallest absolute Gasteiger partial charge is 0.357 e. The highest BCUT2D eigenvalue weighted by molar-refractivity contribution is 9.10. The molecule has 0 amide bonds. The van der Waals surface area contributed by atoms with Gasteiger partial charge in [0.2, 0.25) is 0 Å². The Labute approximate surface area is 200 Å². The molecule has 0 aliphatic rings. The van der Waals surface area contributed by atoms with Gasteiger partial charge in [0, 0.05) is 5.56 Å². The van der Waals surface area contributed by atoms with Crippen LogP contribution in [0.4, 0.5) is 0 Å². The summed E-state index contributed by atoms with van der Waals surface area (Å²) in [6.45, 7) is 2.61. The van der Waals surface area contributed by atoms with Gasteiger partial charge in [0.05, 0.1) is 38.1 Å². The lowest BCUT2D eigenvalue weighted by atomic mass is 10.0. The molecule has 0 fully saturated rings. The summed E-state index contributed by atoms with van der Waals surface area (Å²) in [5.41, 5.74) is 1.30. The predicted molar refractivity (Wildman–Crippen MR) is 126 cm³/mol. The zero-order valence-electron chi connectivity index (χ0n) is 18.9. The summed E-state index contributed by atoms with van der Waals surface area (Å²) in [7, 11) is 4.02. The normalized spacial score (nSPS) is 10.6. The summed E-state index contributed by atoms with van der Waals surface area (Å²) in [4.78, 5) is 25.6. The summed E-state index contributed by atoms with van der Waals surface area (Å²) in [5.74, 6) is -0.431. The van der Waals surface area contributed by atoms with E-state index in [2.05, 4.69) is 28.0 Å². The first-order valence-corrected chi connectivity index (χ1v) is 11.1. The first-order chi connectivity index (χ1) is 16.0. The lowest BCUT2D eigenvalue weighted by molar-refractivity contribution is 0.0549. The molecule has 174 valence electrons. The quantitative estimate of drug-likeness (QED) is 0.290. The highest BCUT2D eigenvalue weighted by Gasteiger charge is 2.32. The molecule has 0 atom stereocenters. The van der Waals surface area contributed by atoms with E-state index >= 15 is 0 Å². The molecule has 9 heteroatoms. The average molecular weight is 517 g/mol. The van der Waals surface area contributed by atoms with Gasteiger partial charge in [-0.1, -0.05) is 31.5 Å². The summed E-state index contributed by atoms with van der Waals surface area (Å²) < 4.78 is 23.4. The third-order valence-electron chi connectivity index (χ3n) is 4.90. The zero-order valence-corrected chi connectivity index (χ0v) is 20.5. The van der Waals surface area contributed by atoms with Crippen LogP contribution in [-0.4, -0.2) is 49.7 Å². The van der Waals surface area contributed by atoms with Gasteiger partial charge in [0.25, 0.3) is 0 Å². The first-order valence-electron chi connectivity index (χ1n) is 10.3. The van der Waals surface area contributed by atoms with Gasteiger partial charge in [0.15, 0.2) is 17.2 Å². The van der Waals surface area contributed by atoms with Gasteiger partial charge in [-0.15, -0.1) is 0 Å². The summed E-state index contributed by atoms with van der Waals surface area (Å²) in [6, 6.07) is 12.4. The van der Waals surface area contributed by atoms with Crippen molar-refractivity contribution < 1.29 is 28.5 Å². The van der Waals surface area contributed by atoms with E-state index in [9.17, 15) is 9.59 Å². The van der Waals surface area contributed by atoms with E-state index in [0.29, 0.717) is 33.8 Å². The van der Waals surface area contributed by atoms with Crippen LogP contribution in [0.25, 0.3) is 16.9 Å². The maximum absolute atomic E-state index is 12.8. The van der Waals surface area contributed by atoms with Crippen molar-refractivity contribution in [1.82, 2.24) is 9.78 Å². The van der Waals surface area contributed by atoms with Crippen molar-refractivity contribution >= 4 is 27.9 Å². The van der Waals surface area contributed by atoms with Crippen LogP contribution in [0.3, 0.4) is 0 Å². The molecule has 1 heterocycles. The number of carbonyl (C=O) groups is 2. The van der Waals surface area contributed by atoms with Crippen LogP contribution in [0.5, 0.6) is 11.5 Å². The fraction of sp³-hybridized carbons (Fsp3) is 0.292. The fourth-order valence-corrected chi connectivity index (χ4v) is 3.83. The van der Waals surface area contributed by atoms with Crippen molar-refractivity contribution in [3.05, 3.63) is 58.2 Å². The van der Waals surface area contributed by atoms with Gasteiger partial charge in [-0.05, 0) is 46.6 Å². The molecule has 0 aliphatic heterocycles. The second-order valence-electron chi connectivity index (χ2n) is 6.99. The van der Waals surface area contributed by atoms with E-state index < -0.39 is 11.9 Å². The highest BCUT2D eigenvalue weighted by atomic mass is 79.9. The number of hydrogen-bond acceptors (Lipinski definition) is 7. The Morgan fingerprint density at radius 1 is 1.03 bits per heavy atom. The highest BCUT2D eigenvalue weighted by Crippen LogP contribution is 2.41. The van der Waals surface area contributed by atoms with Crippen LogP contribution in [0, 0.1) is 0 Å². The molecule has 0 unspecified atom stereocenters. The second kappa shape index (κ2) is 11.0. The number of aromatic nitrogens is 2. The molecular formula is C24H25BrN2O6. The molecule has 8 nitrogen and oxygen atoms in total. The molecule has 33 heavy (non-hydrogen) atoms. The lowest BCUT2D eigenvalue weighted by Gasteiger charge is -2.14. The van der Waals surface area contributed by atoms with Crippen molar-refractivity contribution in [2.75, 3.05) is 27.9 Å². The predicted octanol–water partition coefficient (Wildman–Crippen LogP) is 5.06. The Bertz CT molecular complexity index is 1140. The Balaban J connectivity index is 2.26. The molecule has 0 radical (unpaired) electrons. The molecule has 0 saturated carbocycles. The number of esters is 2.